The first-order chi connectivity index (χ1) is 7.75. The van der Waals surface area contributed by atoms with Crippen LogP contribution < -0.4 is 5.32 Å². The zero-order valence-corrected chi connectivity index (χ0v) is 11.7. The van der Waals surface area contributed by atoms with Crippen LogP contribution in [0.25, 0.3) is 0 Å². The van der Waals surface area contributed by atoms with Gasteiger partial charge in [-0.15, -0.1) is 0 Å². The van der Waals surface area contributed by atoms with Gasteiger partial charge in [0, 0.05) is 50.4 Å². The van der Waals surface area contributed by atoms with E-state index >= 15 is 0 Å². The topological polar surface area (TPSA) is 24.5 Å². The van der Waals surface area contributed by atoms with Crippen molar-refractivity contribution < 1.29 is 4.74 Å². The molecule has 0 bridgehead atoms. The molecule has 0 saturated carbocycles. The van der Waals surface area contributed by atoms with Crippen LogP contribution in [0.5, 0.6) is 0 Å². The van der Waals surface area contributed by atoms with Crippen molar-refractivity contribution in [1.29, 1.82) is 0 Å². The molecule has 0 radical (unpaired) electrons. The van der Waals surface area contributed by atoms with Crippen LogP contribution in [0.1, 0.15) is 20.3 Å². The number of nitrogens with zero attached hydrogens (tertiary/aromatic N) is 1. The SMILES string of the molecule is COCCCNCCN1CCSC(C)C1C. The van der Waals surface area contributed by atoms with Crippen molar-refractivity contribution in [2.45, 2.75) is 31.6 Å². The predicted octanol–water partition coefficient (Wildman–Crippen LogP) is 1.44. The van der Waals surface area contributed by atoms with Gasteiger partial charge in [-0.05, 0) is 19.9 Å². The summed E-state index contributed by atoms with van der Waals surface area (Å²) in [6.07, 6.45) is 1.11. The summed E-state index contributed by atoms with van der Waals surface area (Å²) < 4.78 is 5.02. The summed E-state index contributed by atoms with van der Waals surface area (Å²) in [5, 5.41) is 4.25. The molecule has 0 aliphatic carbocycles. The molecule has 0 aromatic rings. The minimum absolute atomic E-state index is 0.722. The lowest BCUT2D eigenvalue weighted by atomic mass is 10.2. The molecule has 0 aromatic carbocycles. The normalized spacial score (nSPS) is 27.2. The summed E-state index contributed by atoms with van der Waals surface area (Å²) in [5.74, 6) is 1.29. The minimum Gasteiger partial charge on any atom is -0.385 e. The first-order valence-electron chi connectivity index (χ1n) is 6.31. The van der Waals surface area contributed by atoms with E-state index in [9.17, 15) is 0 Å². The van der Waals surface area contributed by atoms with Crippen molar-refractivity contribution in [3.8, 4) is 0 Å². The lowest BCUT2D eigenvalue weighted by Gasteiger charge is -2.37. The van der Waals surface area contributed by atoms with E-state index in [0.29, 0.717) is 0 Å². The molecule has 1 saturated heterocycles. The number of rotatable bonds is 7. The lowest BCUT2D eigenvalue weighted by molar-refractivity contribution is 0.191. The van der Waals surface area contributed by atoms with E-state index < -0.39 is 0 Å². The monoisotopic (exact) mass is 246 g/mol. The number of hydrogen-bond acceptors (Lipinski definition) is 4. The van der Waals surface area contributed by atoms with Gasteiger partial charge in [0.15, 0.2) is 0 Å². The third kappa shape index (κ3) is 5.04. The molecule has 1 N–H and O–H groups in total. The molecular formula is C12H26N2OS. The van der Waals surface area contributed by atoms with Crippen LogP contribution in [0.2, 0.25) is 0 Å². The second kappa shape index (κ2) is 8.34. The van der Waals surface area contributed by atoms with Crippen molar-refractivity contribution in [2.75, 3.05) is 45.6 Å². The van der Waals surface area contributed by atoms with Crippen LogP contribution in [0.15, 0.2) is 0 Å². The van der Waals surface area contributed by atoms with Gasteiger partial charge in [-0.25, -0.2) is 0 Å². The number of hydrogen-bond donors (Lipinski definition) is 1. The predicted molar refractivity (Wildman–Crippen MR) is 72.3 cm³/mol. The Balaban J connectivity index is 2.03. The number of thioether (sulfide) groups is 1. The summed E-state index contributed by atoms with van der Waals surface area (Å²) >= 11 is 2.10. The number of nitrogens with one attached hydrogen (secondary N) is 1. The molecule has 4 heteroatoms. The first-order valence-corrected chi connectivity index (χ1v) is 7.36. The van der Waals surface area contributed by atoms with Gasteiger partial charge in [0.05, 0.1) is 0 Å². The summed E-state index contributed by atoms with van der Waals surface area (Å²) in [5.41, 5.74) is 0. The third-order valence-corrected chi connectivity index (χ3v) is 4.63. The second-order valence-electron chi connectivity index (χ2n) is 4.45. The largest absolute Gasteiger partial charge is 0.385 e. The standard InChI is InChI=1S/C12H26N2OS/c1-11-12(2)16-10-8-14(11)7-6-13-5-4-9-15-3/h11-13H,4-10H2,1-3H3. The van der Waals surface area contributed by atoms with E-state index in [0.717, 1.165) is 37.4 Å². The smallest absolute Gasteiger partial charge is 0.0474 e. The highest BCUT2D eigenvalue weighted by Gasteiger charge is 2.24. The average molecular weight is 246 g/mol. The quantitative estimate of drug-likeness (QED) is 0.687. The Bertz CT molecular complexity index is 180. The van der Waals surface area contributed by atoms with E-state index in [1.807, 2.05) is 0 Å². The Hall–Kier alpha value is 0.230. The fourth-order valence-corrected chi connectivity index (χ4v) is 3.16. The van der Waals surface area contributed by atoms with Crippen LogP contribution in [0.3, 0.4) is 0 Å². The maximum atomic E-state index is 5.02. The molecule has 3 nitrogen and oxygen atoms in total. The fraction of sp³-hybridized carbons (Fsp3) is 1.00. The van der Waals surface area contributed by atoms with Gasteiger partial charge < -0.3 is 10.1 Å². The number of ether oxygens (including phenoxy) is 1. The molecule has 0 spiro atoms. The molecule has 96 valence electrons. The van der Waals surface area contributed by atoms with Crippen LogP contribution >= 0.6 is 11.8 Å². The fourth-order valence-electron chi connectivity index (χ4n) is 2.00. The summed E-state index contributed by atoms with van der Waals surface area (Å²) in [6.45, 7) is 10.1. The van der Waals surface area contributed by atoms with E-state index in [1.165, 1.54) is 18.8 Å². The Morgan fingerprint density at radius 1 is 1.38 bits per heavy atom. The minimum atomic E-state index is 0.722. The van der Waals surface area contributed by atoms with Gasteiger partial charge in [0.1, 0.15) is 0 Å². The van der Waals surface area contributed by atoms with E-state index in [2.05, 4.69) is 35.8 Å². The molecule has 1 aliphatic heterocycles. The molecule has 1 rings (SSSR count). The zero-order valence-electron chi connectivity index (χ0n) is 10.9. The van der Waals surface area contributed by atoms with Crippen molar-refractivity contribution in [3.63, 3.8) is 0 Å². The Morgan fingerprint density at radius 3 is 2.94 bits per heavy atom. The van der Waals surface area contributed by atoms with Gasteiger partial charge in [0.2, 0.25) is 0 Å². The van der Waals surface area contributed by atoms with Crippen LogP contribution in [-0.2, 0) is 4.74 Å². The molecular weight excluding hydrogens is 220 g/mol. The van der Waals surface area contributed by atoms with Crippen molar-refractivity contribution in [3.05, 3.63) is 0 Å². The van der Waals surface area contributed by atoms with Crippen molar-refractivity contribution >= 4 is 11.8 Å². The molecule has 2 unspecified atom stereocenters. The Kier molecular flexibility index (Phi) is 7.45. The molecule has 16 heavy (non-hydrogen) atoms. The Labute approximate surface area is 104 Å². The van der Waals surface area contributed by atoms with Gasteiger partial charge in [-0.2, -0.15) is 11.8 Å². The first kappa shape index (κ1) is 14.3. The number of methoxy groups -OCH3 is 1. The maximum absolute atomic E-state index is 5.02. The van der Waals surface area contributed by atoms with Crippen molar-refractivity contribution in [2.24, 2.45) is 0 Å². The van der Waals surface area contributed by atoms with Crippen LogP contribution in [0.4, 0.5) is 0 Å². The molecule has 2 atom stereocenters. The van der Waals surface area contributed by atoms with E-state index in [4.69, 9.17) is 4.74 Å². The van der Waals surface area contributed by atoms with Gasteiger partial charge in [-0.3, -0.25) is 4.90 Å². The highest BCUT2D eigenvalue weighted by atomic mass is 32.2. The van der Waals surface area contributed by atoms with Crippen LogP contribution in [0, 0.1) is 0 Å². The van der Waals surface area contributed by atoms with Gasteiger partial charge in [0.25, 0.3) is 0 Å². The van der Waals surface area contributed by atoms with Gasteiger partial charge in [-0.1, -0.05) is 6.92 Å². The molecule has 1 aliphatic rings. The lowest BCUT2D eigenvalue weighted by Crippen LogP contribution is -2.47. The Morgan fingerprint density at radius 2 is 2.19 bits per heavy atom. The van der Waals surface area contributed by atoms with Crippen LogP contribution in [-0.4, -0.2) is 61.8 Å². The maximum Gasteiger partial charge on any atom is 0.0474 e. The van der Waals surface area contributed by atoms with E-state index in [1.54, 1.807) is 7.11 Å². The molecule has 0 amide bonds. The highest BCUT2D eigenvalue weighted by molar-refractivity contribution is 8.00. The zero-order chi connectivity index (χ0) is 11.8. The molecule has 1 heterocycles. The molecule has 0 aromatic heterocycles. The summed E-state index contributed by atoms with van der Waals surface area (Å²) in [7, 11) is 1.76. The second-order valence-corrected chi connectivity index (χ2v) is 5.93. The summed E-state index contributed by atoms with van der Waals surface area (Å²) in [6, 6.07) is 0.722. The third-order valence-electron chi connectivity index (χ3n) is 3.29. The van der Waals surface area contributed by atoms with Gasteiger partial charge >= 0.3 is 0 Å². The van der Waals surface area contributed by atoms with E-state index in [-0.39, 0.29) is 0 Å². The summed E-state index contributed by atoms with van der Waals surface area (Å²) in [4.78, 5) is 2.60. The highest BCUT2D eigenvalue weighted by Crippen LogP contribution is 2.23. The molecule has 1 fully saturated rings. The van der Waals surface area contributed by atoms with Crippen molar-refractivity contribution in [1.82, 2.24) is 10.2 Å². The average Bonchev–Trinajstić information content (AvgIpc) is 2.29.